The van der Waals surface area contributed by atoms with Gasteiger partial charge in [-0.05, 0) is 43.2 Å². The van der Waals surface area contributed by atoms with Gasteiger partial charge in [-0.25, -0.2) is 9.37 Å². The molecular weight excluding hydrogens is 415 g/mol. The molecule has 9 heteroatoms. The molecular formula is C23H27FN4O4. The van der Waals surface area contributed by atoms with Crippen LogP contribution < -0.4 is 15.0 Å². The molecule has 1 atom stereocenters. The Kier molecular flexibility index (Phi) is 6.84. The Morgan fingerprint density at radius 2 is 2.06 bits per heavy atom. The van der Waals surface area contributed by atoms with Crippen LogP contribution in [0.1, 0.15) is 33.6 Å². The highest BCUT2D eigenvalue weighted by Gasteiger charge is 2.26. The number of ether oxygens (including phenoxy) is 2. The predicted molar refractivity (Wildman–Crippen MR) is 117 cm³/mol. The maximum Gasteiger partial charge on any atom is 0.255 e. The van der Waals surface area contributed by atoms with Crippen molar-refractivity contribution in [3.8, 4) is 5.75 Å². The molecule has 2 aromatic rings. The molecule has 170 valence electrons. The Morgan fingerprint density at radius 1 is 1.25 bits per heavy atom. The molecule has 32 heavy (non-hydrogen) atoms. The quantitative estimate of drug-likeness (QED) is 0.738. The number of hydrogen-bond acceptors (Lipinski definition) is 6. The topological polar surface area (TPSA) is 84.0 Å². The van der Waals surface area contributed by atoms with Gasteiger partial charge in [0, 0.05) is 51.1 Å². The smallest absolute Gasteiger partial charge is 0.255 e. The van der Waals surface area contributed by atoms with Gasteiger partial charge in [0.05, 0.1) is 18.8 Å². The van der Waals surface area contributed by atoms with Crippen molar-refractivity contribution in [2.75, 3.05) is 51.3 Å². The van der Waals surface area contributed by atoms with E-state index in [2.05, 4.69) is 10.3 Å². The van der Waals surface area contributed by atoms with Gasteiger partial charge >= 0.3 is 0 Å². The van der Waals surface area contributed by atoms with Gasteiger partial charge in [-0.1, -0.05) is 0 Å². The molecule has 2 aliphatic heterocycles. The van der Waals surface area contributed by atoms with Gasteiger partial charge in [-0.3, -0.25) is 9.59 Å². The van der Waals surface area contributed by atoms with Crippen LogP contribution in [0.4, 0.5) is 10.2 Å². The highest BCUT2D eigenvalue weighted by atomic mass is 19.1. The molecule has 0 bridgehead atoms. The molecule has 2 saturated heterocycles. The lowest BCUT2D eigenvalue weighted by Crippen LogP contribution is -2.49. The van der Waals surface area contributed by atoms with E-state index >= 15 is 0 Å². The summed E-state index contributed by atoms with van der Waals surface area (Å²) in [6.45, 7) is 3.15. The molecule has 1 N–H and O–H groups in total. The van der Waals surface area contributed by atoms with Crippen molar-refractivity contribution in [1.29, 1.82) is 0 Å². The maximum atomic E-state index is 14.0. The summed E-state index contributed by atoms with van der Waals surface area (Å²) in [5, 5.41) is 2.94. The van der Waals surface area contributed by atoms with E-state index in [9.17, 15) is 14.0 Å². The Labute approximate surface area is 186 Å². The van der Waals surface area contributed by atoms with Crippen LogP contribution in [-0.4, -0.2) is 74.2 Å². The summed E-state index contributed by atoms with van der Waals surface area (Å²) in [6, 6.07) is 7.70. The summed E-state index contributed by atoms with van der Waals surface area (Å²) in [5.74, 6) is -0.284. The van der Waals surface area contributed by atoms with Crippen molar-refractivity contribution in [2.45, 2.75) is 18.9 Å². The Balaban J connectivity index is 1.38. The third-order valence-electron chi connectivity index (χ3n) is 5.81. The number of methoxy groups -OCH3 is 1. The number of nitrogens with one attached hydrogen (secondary N) is 1. The first-order chi connectivity index (χ1) is 15.6. The minimum atomic E-state index is -0.566. The Hall–Kier alpha value is -3.20. The fourth-order valence-electron chi connectivity index (χ4n) is 4.04. The van der Waals surface area contributed by atoms with Gasteiger partial charge in [0.25, 0.3) is 11.8 Å². The number of rotatable bonds is 6. The first kappa shape index (κ1) is 22.0. The van der Waals surface area contributed by atoms with Crippen molar-refractivity contribution in [2.24, 2.45) is 0 Å². The zero-order valence-corrected chi connectivity index (χ0v) is 18.1. The number of anilines is 1. The minimum absolute atomic E-state index is 0.0661. The molecule has 2 amide bonds. The lowest BCUT2D eigenvalue weighted by atomic mass is 10.1. The van der Waals surface area contributed by atoms with Crippen LogP contribution in [0.2, 0.25) is 0 Å². The van der Waals surface area contributed by atoms with Crippen LogP contribution in [-0.2, 0) is 4.74 Å². The Bertz CT molecular complexity index is 972. The molecule has 8 nitrogen and oxygen atoms in total. The van der Waals surface area contributed by atoms with E-state index < -0.39 is 5.82 Å². The zero-order chi connectivity index (χ0) is 22.5. The fourth-order valence-corrected chi connectivity index (χ4v) is 4.04. The molecule has 1 aromatic heterocycles. The maximum absolute atomic E-state index is 14.0. The van der Waals surface area contributed by atoms with Crippen LogP contribution in [0.5, 0.6) is 5.75 Å². The first-order valence-electron chi connectivity index (χ1n) is 10.8. The molecule has 1 aromatic carbocycles. The van der Waals surface area contributed by atoms with Gasteiger partial charge in [0.15, 0.2) is 11.6 Å². The molecule has 4 rings (SSSR count). The third-order valence-corrected chi connectivity index (χ3v) is 5.81. The molecule has 2 fully saturated rings. The fraction of sp³-hybridized carbons (Fsp3) is 0.435. The van der Waals surface area contributed by atoms with Crippen molar-refractivity contribution in [1.82, 2.24) is 15.2 Å². The van der Waals surface area contributed by atoms with E-state index in [0.717, 1.165) is 19.4 Å². The summed E-state index contributed by atoms with van der Waals surface area (Å²) in [7, 11) is 1.38. The number of carbonyl (C=O) groups is 2. The molecule has 0 saturated carbocycles. The lowest BCUT2D eigenvalue weighted by Gasteiger charge is -2.36. The van der Waals surface area contributed by atoms with Crippen LogP contribution >= 0.6 is 0 Å². The van der Waals surface area contributed by atoms with Crippen molar-refractivity contribution < 1.29 is 23.5 Å². The summed E-state index contributed by atoms with van der Waals surface area (Å²) in [5.41, 5.74) is 0.784. The van der Waals surface area contributed by atoms with Crippen molar-refractivity contribution in [3.63, 3.8) is 0 Å². The van der Waals surface area contributed by atoms with E-state index in [1.54, 1.807) is 29.3 Å². The molecule has 0 aliphatic carbocycles. The number of piperazine rings is 1. The number of carbonyl (C=O) groups excluding carboxylic acids is 2. The van der Waals surface area contributed by atoms with E-state index in [4.69, 9.17) is 9.47 Å². The van der Waals surface area contributed by atoms with Crippen LogP contribution in [0.15, 0.2) is 36.5 Å². The van der Waals surface area contributed by atoms with E-state index in [0.29, 0.717) is 44.1 Å². The van der Waals surface area contributed by atoms with E-state index in [1.807, 2.05) is 4.90 Å². The second kappa shape index (κ2) is 9.95. The van der Waals surface area contributed by atoms with Crippen LogP contribution in [0.3, 0.4) is 0 Å². The second-order valence-electron chi connectivity index (χ2n) is 7.85. The number of halogens is 1. The predicted octanol–water partition coefficient (Wildman–Crippen LogP) is 2.10. The highest BCUT2D eigenvalue weighted by Crippen LogP contribution is 2.22. The molecule has 2 aliphatic rings. The number of hydrogen-bond donors (Lipinski definition) is 1. The number of amides is 2. The van der Waals surface area contributed by atoms with E-state index in [-0.39, 0.29) is 29.2 Å². The second-order valence-corrected chi connectivity index (χ2v) is 7.85. The SMILES string of the molecule is COc1ccc(C(=O)N2CCN(c3ncccc3C(=O)NC[C@@H]3CCCO3)CC2)cc1F. The van der Waals surface area contributed by atoms with Gasteiger partial charge < -0.3 is 24.6 Å². The number of aromatic nitrogens is 1. The van der Waals surface area contributed by atoms with E-state index in [1.165, 1.54) is 19.2 Å². The van der Waals surface area contributed by atoms with Crippen molar-refractivity contribution in [3.05, 3.63) is 53.5 Å². The van der Waals surface area contributed by atoms with Crippen LogP contribution in [0, 0.1) is 5.82 Å². The Morgan fingerprint density at radius 3 is 2.75 bits per heavy atom. The van der Waals surface area contributed by atoms with Gasteiger partial charge in [0.2, 0.25) is 0 Å². The minimum Gasteiger partial charge on any atom is -0.494 e. The van der Waals surface area contributed by atoms with Gasteiger partial charge in [-0.15, -0.1) is 0 Å². The average molecular weight is 442 g/mol. The molecule has 0 unspecified atom stereocenters. The standard InChI is InChI=1S/C23H27FN4O4/c1-31-20-7-6-16(14-19(20)24)23(30)28-11-9-27(10-12-28)21-18(5-2-8-25-21)22(29)26-15-17-4-3-13-32-17/h2,5-8,14,17H,3-4,9-13,15H2,1H3,(H,26,29)/t17-/m0/s1. The molecule has 3 heterocycles. The average Bonchev–Trinajstić information content (AvgIpc) is 3.36. The third kappa shape index (κ3) is 4.83. The van der Waals surface area contributed by atoms with Gasteiger partial charge in [-0.2, -0.15) is 0 Å². The van der Waals surface area contributed by atoms with Crippen LogP contribution in [0.25, 0.3) is 0 Å². The zero-order valence-electron chi connectivity index (χ0n) is 18.1. The monoisotopic (exact) mass is 442 g/mol. The molecule has 0 radical (unpaired) electrons. The lowest BCUT2D eigenvalue weighted by molar-refractivity contribution is 0.0744. The number of nitrogens with zero attached hydrogens (tertiary/aromatic N) is 3. The largest absolute Gasteiger partial charge is 0.494 e. The molecule has 0 spiro atoms. The summed E-state index contributed by atoms with van der Waals surface area (Å²) in [4.78, 5) is 33.7. The summed E-state index contributed by atoms with van der Waals surface area (Å²) in [6.07, 6.45) is 3.69. The van der Waals surface area contributed by atoms with Crippen molar-refractivity contribution >= 4 is 17.6 Å². The summed E-state index contributed by atoms with van der Waals surface area (Å²) < 4.78 is 24.5. The summed E-state index contributed by atoms with van der Waals surface area (Å²) >= 11 is 0. The number of benzene rings is 1. The normalized spacial score (nSPS) is 18.5. The van der Waals surface area contributed by atoms with Gasteiger partial charge in [0.1, 0.15) is 5.82 Å². The highest BCUT2D eigenvalue weighted by molar-refractivity contribution is 5.99. The number of pyridine rings is 1. The first-order valence-corrected chi connectivity index (χ1v) is 10.8.